The van der Waals surface area contributed by atoms with Crippen LogP contribution in [0.4, 0.5) is 0 Å². The number of hydrogen-bond donors (Lipinski definition) is 3. The van der Waals surface area contributed by atoms with Gasteiger partial charge >= 0.3 is 5.97 Å². The summed E-state index contributed by atoms with van der Waals surface area (Å²) >= 11 is 0. The molecule has 0 aromatic carbocycles. The third-order valence-electron chi connectivity index (χ3n) is 4.90. The molecule has 0 bridgehead atoms. The van der Waals surface area contributed by atoms with Crippen LogP contribution >= 0.6 is 0 Å². The molecule has 114 valence electrons. The van der Waals surface area contributed by atoms with Crippen molar-refractivity contribution < 1.29 is 14.7 Å². The largest absolute Gasteiger partial charge is 0.481 e. The molecule has 5 heteroatoms. The Morgan fingerprint density at radius 1 is 1.15 bits per heavy atom. The van der Waals surface area contributed by atoms with Gasteiger partial charge in [-0.2, -0.15) is 0 Å². The van der Waals surface area contributed by atoms with E-state index >= 15 is 0 Å². The van der Waals surface area contributed by atoms with Crippen LogP contribution in [0.1, 0.15) is 51.9 Å². The van der Waals surface area contributed by atoms with Gasteiger partial charge in [0.05, 0.1) is 5.92 Å². The van der Waals surface area contributed by atoms with Gasteiger partial charge in [0.2, 0.25) is 5.91 Å². The lowest BCUT2D eigenvalue weighted by Crippen LogP contribution is -2.51. The highest BCUT2D eigenvalue weighted by Gasteiger charge is 2.38. The Morgan fingerprint density at radius 3 is 2.45 bits per heavy atom. The third-order valence-corrected chi connectivity index (χ3v) is 4.90. The monoisotopic (exact) mass is 282 g/mol. The van der Waals surface area contributed by atoms with Gasteiger partial charge in [0.25, 0.3) is 0 Å². The molecular weight excluding hydrogens is 256 g/mol. The van der Waals surface area contributed by atoms with Crippen molar-refractivity contribution in [2.75, 3.05) is 13.1 Å². The number of hydrogen-bond acceptors (Lipinski definition) is 3. The van der Waals surface area contributed by atoms with E-state index in [2.05, 4.69) is 10.6 Å². The van der Waals surface area contributed by atoms with E-state index in [1.54, 1.807) is 0 Å². The summed E-state index contributed by atoms with van der Waals surface area (Å²) < 4.78 is 0. The quantitative estimate of drug-likeness (QED) is 0.686. The molecule has 0 aromatic heterocycles. The van der Waals surface area contributed by atoms with E-state index in [4.69, 9.17) is 0 Å². The smallest absolute Gasteiger partial charge is 0.308 e. The predicted molar refractivity (Wildman–Crippen MR) is 76.4 cm³/mol. The molecule has 1 saturated heterocycles. The average Bonchev–Trinajstić information content (AvgIpc) is 2.65. The van der Waals surface area contributed by atoms with E-state index in [0.717, 1.165) is 51.6 Å². The molecule has 1 aliphatic carbocycles. The van der Waals surface area contributed by atoms with Crippen LogP contribution in [0.25, 0.3) is 0 Å². The summed E-state index contributed by atoms with van der Waals surface area (Å²) in [7, 11) is 0. The average molecular weight is 282 g/mol. The fourth-order valence-electron chi connectivity index (χ4n) is 3.32. The number of carbonyl (C=O) groups is 2. The summed E-state index contributed by atoms with van der Waals surface area (Å²) in [6.45, 7) is 3.71. The van der Waals surface area contributed by atoms with Crippen LogP contribution in [0.5, 0.6) is 0 Å². The standard InChI is InChI=1S/C15H26N2O3/c1-15(7-9-16-10-8-15)14(20)17-12-6-4-2-3-5-11(12)13(18)19/h11-12,16H,2-10H2,1H3,(H,17,20)(H,18,19). The highest BCUT2D eigenvalue weighted by molar-refractivity contribution is 5.83. The van der Waals surface area contributed by atoms with E-state index in [9.17, 15) is 14.7 Å². The van der Waals surface area contributed by atoms with Crippen LogP contribution in [0.2, 0.25) is 0 Å². The second-order valence-corrected chi connectivity index (χ2v) is 6.47. The van der Waals surface area contributed by atoms with Crippen molar-refractivity contribution in [2.24, 2.45) is 11.3 Å². The minimum Gasteiger partial charge on any atom is -0.481 e. The number of nitrogens with one attached hydrogen (secondary N) is 2. The first-order valence-corrected chi connectivity index (χ1v) is 7.77. The summed E-state index contributed by atoms with van der Waals surface area (Å²) in [6, 6.07) is -0.200. The lowest BCUT2D eigenvalue weighted by atomic mass is 9.79. The number of amides is 1. The second kappa shape index (κ2) is 6.57. The van der Waals surface area contributed by atoms with Gasteiger partial charge in [-0.3, -0.25) is 9.59 Å². The van der Waals surface area contributed by atoms with Crippen LogP contribution < -0.4 is 10.6 Å². The Hall–Kier alpha value is -1.10. The number of rotatable bonds is 3. The number of carbonyl (C=O) groups excluding carboxylic acids is 1. The molecule has 2 atom stereocenters. The molecule has 5 nitrogen and oxygen atoms in total. The van der Waals surface area contributed by atoms with Gasteiger partial charge in [-0.25, -0.2) is 0 Å². The lowest BCUT2D eigenvalue weighted by Gasteiger charge is -2.35. The second-order valence-electron chi connectivity index (χ2n) is 6.47. The van der Waals surface area contributed by atoms with Gasteiger partial charge in [-0.05, 0) is 38.8 Å². The molecule has 1 saturated carbocycles. The van der Waals surface area contributed by atoms with Gasteiger partial charge in [0.1, 0.15) is 0 Å². The van der Waals surface area contributed by atoms with Gasteiger partial charge in [0.15, 0.2) is 0 Å². The van der Waals surface area contributed by atoms with Crippen molar-refractivity contribution in [3.8, 4) is 0 Å². The summed E-state index contributed by atoms with van der Waals surface area (Å²) in [5, 5.41) is 15.7. The highest BCUT2D eigenvalue weighted by atomic mass is 16.4. The number of aliphatic carboxylic acids is 1. The van der Waals surface area contributed by atoms with E-state index in [1.807, 2.05) is 6.92 Å². The van der Waals surface area contributed by atoms with E-state index < -0.39 is 11.9 Å². The first-order valence-electron chi connectivity index (χ1n) is 7.77. The number of carboxylic acid groups (broad SMARTS) is 1. The molecule has 2 rings (SSSR count). The van der Waals surface area contributed by atoms with Crippen LogP contribution in [0.3, 0.4) is 0 Å². The van der Waals surface area contributed by atoms with E-state index in [1.165, 1.54) is 0 Å². The summed E-state index contributed by atoms with van der Waals surface area (Å²) in [6.07, 6.45) is 6.14. The topological polar surface area (TPSA) is 78.4 Å². The van der Waals surface area contributed by atoms with Gasteiger partial charge in [0, 0.05) is 11.5 Å². The van der Waals surface area contributed by atoms with Crippen LogP contribution in [-0.4, -0.2) is 36.1 Å². The normalized spacial score (nSPS) is 30.2. The molecule has 2 fully saturated rings. The fraction of sp³-hybridized carbons (Fsp3) is 0.867. The predicted octanol–water partition coefficient (Wildman–Crippen LogP) is 1.53. The summed E-state index contributed by atoms with van der Waals surface area (Å²) in [4.78, 5) is 23.9. The van der Waals surface area contributed by atoms with Crippen molar-refractivity contribution in [2.45, 2.75) is 57.9 Å². The Bertz CT molecular complexity index is 364. The van der Waals surface area contributed by atoms with E-state index in [0.29, 0.717) is 6.42 Å². The lowest BCUT2D eigenvalue weighted by molar-refractivity contribution is -0.144. The Morgan fingerprint density at radius 2 is 1.80 bits per heavy atom. The SMILES string of the molecule is CC1(C(=O)NC2CCCCCC2C(=O)O)CCNCC1. The molecule has 2 unspecified atom stereocenters. The molecule has 0 spiro atoms. The minimum absolute atomic E-state index is 0.0390. The molecule has 0 aromatic rings. The summed E-state index contributed by atoms with van der Waals surface area (Å²) in [5.41, 5.74) is -0.347. The molecule has 20 heavy (non-hydrogen) atoms. The van der Waals surface area contributed by atoms with Gasteiger partial charge in [-0.15, -0.1) is 0 Å². The van der Waals surface area contributed by atoms with Crippen molar-refractivity contribution in [1.82, 2.24) is 10.6 Å². The zero-order chi connectivity index (χ0) is 14.6. The molecule has 1 amide bonds. The molecule has 1 aliphatic heterocycles. The zero-order valence-corrected chi connectivity index (χ0v) is 12.3. The van der Waals surface area contributed by atoms with Gasteiger partial charge < -0.3 is 15.7 Å². The molecule has 1 heterocycles. The maximum atomic E-state index is 12.5. The molecule has 2 aliphatic rings. The van der Waals surface area contributed by atoms with Crippen LogP contribution in [0, 0.1) is 11.3 Å². The maximum Gasteiger partial charge on any atom is 0.308 e. The van der Waals surface area contributed by atoms with Gasteiger partial charge in [-0.1, -0.05) is 26.2 Å². The van der Waals surface area contributed by atoms with Crippen LogP contribution in [-0.2, 0) is 9.59 Å². The summed E-state index contributed by atoms with van der Waals surface area (Å²) in [5.74, 6) is -1.16. The Labute approximate surface area is 120 Å². The Kier molecular flexibility index (Phi) is 5.02. The van der Waals surface area contributed by atoms with Crippen molar-refractivity contribution in [3.63, 3.8) is 0 Å². The fourth-order valence-corrected chi connectivity index (χ4v) is 3.32. The van der Waals surface area contributed by atoms with E-state index in [-0.39, 0.29) is 17.4 Å². The number of carboxylic acids is 1. The highest BCUT2D eigenvalue weighted by Crippen LogP contribution is 2.30. The van der Waals surface area contributed by atoms with Crippen molar-refractivity contribution >= 4 is 11.9 Å². The molecule has 0 radical (unpaired) electrons. The number of piperidine rings is 1. The Balaban J connectivity index is 2.01. The zero-order valence-electron chi connectivity index (χ0n) is 12.3. The third kappa shape index (κ3) is 3.51. The minimum atomic E-state index is -0.771. The maximum absolute atomic E-state index is 12.5. The van der Waals surface area contributed by atoms with Crippen molar-refractivity contribution in [3.05, 3.63) is 0 Å². The first-order chi connectivity index (χ1) is 9.53. The first kappa shape index (κ1) is 15.3. The molecule has 3 N–H and O–H groups in total. The molecular formula is C15H26N2O3. The van der Waals surface area contributed by atoms with Crippen LogP contribution in [0.15, 0.2) is 0 Å². The van der Waals surface area contributed by atoms with Crippen molar-refractivity contribution in [1.29, 1.82) is 0 Å².